The van der Waals surface area contributed by atoms with Crippen molar-refractivity contribution in [3.05, 3.63) is 45.5 Å². The van der Waals surface area contributed by atoms with Crippen LogP contribution in [0.3, 0.4) is 0 Å². The quantitative estimate of drug-likeness (QED) is 0.337. The maximum atomic E-state index is 14.5. The van der Waals surface area contributed by atoms with Crippen LogP contribution in [0.5, 0.6) is 0 Å². The van der Waals surface area contributed by atoms with E-state index in [4.69, 9.17) is 15.7 Å². The van der Waals surface area contributed by atoms with E-state index < -0.39 is 17.3 Å². The van der Waals surface area contributed by atoms with Gasteiger partial charge in [0.1, 0.15) is 27.4 Å². The molecule has 0 spiro atoms. The molecule has 3 aromatic rings. The lowest BCUT2D eigenvalue weighted by atomic mass is 10.1. The Morgan fingerprint density at radius 3 is 2.86 bits per heavy atom. The molecule has 0 unspecified atom stereocenters. The summed E-state index contributed by atoms with van der Waals surface area (Å²) in [6, 6.07) is 4.65. The molecule has 5 N–H and O–H groups in total. The number of nitrogens with zero attached hydrogens (tertiary/aromatic N) is 2. The minimum Gasteiger partial charge on any atom is -0.394 e. The Morgan fingerprint density at radius 1 is 1.45 bits per heavy atom. The van der Waals surface area contributed by atoms with Crippen LogP contribution in [-0.4, -0.2) is 33.8 Å². The van der Waals surface area contributed by atoms with Crippen LogP contribution in [0.4, 0.5) is 21.0 Å². The van der Waals surface area contributed by atoms with Crippen molar-refractivity contribution in [1.29, 1.82) is 0 Å². The van der Waals surface area contributed by atoms with Crippen molar-refractivity contribution in [3.8, 4) is 0 Å². The molecule has 2 aromatic heterocycles. The van der Waals surface area contributed by atoms with Crippen LogP contribution in [0.2, 0.25) is 0 Å². The van der Waals surface area contributed by atoms with Crippen molar-refractivity contribution in [1.82, 2.24) is 15.0 Å². The zero-order valence-electron chi connectivity index (χ0n) is 15.8. The summed E-state index contributed by atoms with van der Waals surface area (Å²) in [6.07, 6.45) is 0.662. The number of thiazole rings is 1. The fraction of sp³-hybridized carbons (Fsp3) is 0.278. The lowest BCUT2D eigenvalue weighted by molar-refractivity contribution is 0.0169. The number of aliphatic hydroxyl groups is 1. The second-order valence-corrected chi connectivity index (χ2v) is 7.14. The summed E-state index contributed by atoms with van der Waals surface area (Å²) in [5.74, 6) is -1.23. The number of carbonyl (C=O) groups excluding carboxylic acids is 1. The van der Waals surface area contributed by atoms with Crippen molar-refractivity contribution in [2.75, 3.05) is 24.3 Å². The molecule has 0 saturated carbocycles. The lowest BCUT2D eigenvalue weighted by Gasteiger charge is -2.17. The van der Waals surface area contributed by atoms with Crippen molar-refractivity contribution in [2.24, 2.45) is 7.05 Å². The molecule has 0 radical (unpaired) electrons. The largest absolute Gasteiger partial charge is 0.394 e. The zero-order chi connectivity index (χ0) is 21.1. The zero-order valence-corrected chi connectivity index (χ0v) is 16.6. The number of nitrogen functional groups attached to an aromatic ring is 1. The first kappa shape index (κ1) is 20.7. The van der Waals surface area contributed by atoms with Gasteiger partial charge in [-0.05, 0) is 24.1 Å². The number of anilines is 3. The summed E-state index contributed by atoms with van der Waals surface area (Å²) >= 11 is 0.947. The third kappa shape index (κ3) is 4.06. The maximum Gasteiger partial charge on any atom is 0.280 e. The molecular formula is C18H20FN5O4S. The molecular weight excluding hydrogens is 401 g/mol. The van der Waals surface area contributed by atoms with Gasteiger partial charge >= 0.3 is 0 Å². The van der Waals surface area contributed by atoms with Crippen molar-refractivity contribution in [3.63, 3.8) is 0 Å². The summed E-state index contributed by atoms with van der Waals surface area (Å²) in [4.78, 5) is 34.5. The number of carbonyl (C=O) groups is 1. The highest BCUT2D eigenvalue weighted by Crippen LogP contribution is 2.30. The van der Waals surface area contributed by atoms with Gasteiger partial charge in [-0.25, -0.2) is 14.9 Å². The van der Waals surface area contributed by atoms with Gasteiger partial charge in [-0.15, -0.1) is 0 Å². The smallest absolute Gasteiger partial charge is 0.280 e. The topological polar surface area (TPSA) is 132 Å². The van der Waals surface area contributed by atoms with E-state index in [0.717, 1.165) is 16.9 Å². The van der Waals surface area contributed by atoms with E-state index in [0.29, 0.717) is 6.42 Å². The van der Waals surface area contributed by atoms with E-state index in [1.807, 2.05) is 6.92 Å². The summed E-state index contributed by atoms with van der Waals surface area (Å²) in [7, 11) is 1.45. The lowest BCUT2D eigenvalue weighted by Crippen LogP contribution is -2.30. The van der Waals surface area contributed by atoms with Gasteiger partial charge < -0.3 is 16.2 Å². The number of benzene rings is 1. The summed E-state index contributed by atoms with van der Waals surface area (Å²) in [6.45, 7) is 1.48. The number of nitrogens with one attached hydrogen (secondary N) is 2. The van der Waals surface area contributed by atoms with Gasteiger partial charge in [0.05, 0.1) is 18.9 Å². The predicted octanol–water partition coefficient (Wildman–Crippen LogP) is 1.68. The van der Waals surface area contributed by atoms with Crippen LogP contribution in [0.25, 0.3) is 10.2 Å². The third-order valence-electron chi connectivity index (χ3n) is 4.23. The van der Waals surface area contributed by atoms with Crippen molar-refractivity contribution >= 4 is 44.1 Å². The number of aliphatic hydroxyl groups excluding tert-OH is 1. The third-order valence-corrected chi connectivity index (χ3v) is 5.10. The fourth-order valence-electron chi connectivity index (χ4n) is 2.77. The second kappa shape index (κ2) is 8.55. The molecule has 0 aliphatic rings. The van der Waals surface area contributed by atoms with Crippen LogP contribution in [0, 0.1) is 5.82 Å². The van der Waals surface area contributed by atoms with Gasteiger partial charge in [0, 0.05) is 7.05 Å². The van der Waals surface area contributed by atoms with E-state index in [1.54, 1.807) is 6.07 Å². The Labute approximate surface area is 168 Å². The van der Waals surface area contributed by atoms with E-state index in [-0.39, 0.29) is 45.6 Å². The molecule has 0 saturated heterocycles. The highest BCUT2D eigenvalue weighted by Gasteiger charge is 2.25. The summed E-state index contributed by atoms with van der Waals surface area (Å²) in [5.41, 5.74) is 8.43. The van der Waals surface area contributed by atoms with Gasteiger partial charge in [-0.1, -0.05) is 24.3 Å². The number of nitrogens with two attached hydrogens (primary N) is 1. The maximum absolute atomic E-state index is 14.5. The number of aryl methyl sites for hydroxylation is 1. The Balaban J connectivity index is 2.16. The number of fused-ring (bicyclic) bond motifs is 1. The number of hydrogen-bond donors (Lipinski definition) is 4. The van der Waals surface area contributed by atoms with Gasteiger partial charge in [0.15, 0.2) is 5.13 Å². The molecule has 11 heteroatoms. The Hall–Kier alpha value is -3.02. The first-order valence-electron chi connectivity index (χ1n) is 8.74. The normalized spacial score (nSPS) is 11.0. The molecule has 3 rings (SSSR count). The molecule has 0 atom stereocenters. The monoisotopic (exact) mass is 421 g/mol. The van der Waals surface area contributed by atoms with E-state index in [1.165, 1.54) is 23.7 Å². The number of aromatic nitrogens is 2. The molecule has 9 nitrogen and oxygen atoms in total. The number of pyridine rings is 1. The van der Waals surface area contributed by atoms with Crippen molar-refractivity contribution in [2.45, 2.75) is 13.3 Å². The van der Waals surface area contributed by atoms with Crippen LogP contribution in [-0.2, 0) is 18.3 Å². The molecule has 1 aromatic carbocycles. The Bertz CT molecular complexity index is 1130. The standard InChI is InChI=1S/C18H20FN5O4S/c1-3-9-4-5-11(10(19)8-9)21-15-12(16(26)23-28-7-6-25)13-14(17(27)24(15)2)29-18(20)22-13/h4-5,8,21,25H,3,6-7H2,1-2H3,(H2,20,22)(H,23,26). The predicted molar refractivity (Wildman–Crippen MR) is 109 cm³/mol. The van der Waals surface area contributed by atoms with E-state index >= 15 is 0 Å². The molecule has 29 heavy (non-hydrogen) atoms. The molecule has 0 aliphatic heterocycles. The molecule has 0 aliphatic carbocycles. The van der Waals surface area contributed by atoms with Crippen molar-refractivity contribution < 1.29 is 19.1 Å². The van der Waals surface area contributed by atoms with Gasteiger partial charge in [-0.2, -0.15) is 0 Å². The SMILES string of the molecule is CCc1ccc(Nc2c(C(=O)NOCCO)c3nc(N)sc3c(=O)n2C)c(F)c1. The van der Waals surface area contributed by atoms with E-state index in [9.17, 15) is 14.0 Å². The fourth-order valence-corrected chi connectivity index (χ4v) is 3.58. The minimum atomic E-state index is -0.725. The average molecular weight is 421 g/mol. The number of hydroxylamine groups is 1. The minimum absolute atomic E-state index is 0.0287. The first-order chi connectivity index (χ1) is 13.9. The molecule has 2 heterocycles. The van der Waals surface area contributed by atoms with Crippen LogP contribution in [0.15, 0.2) is 23.0 Å². The average Bonchev–Trinajstić information content (AvgIpc) is 3.08. The molecule has 154 valence electrons. The van der Waals surface area contributed by atoms with Gasteiger partial charge in [-0.3, -0.25) is 19.0 Å². The molecule has 0 fully saturated rings. The summed E-state index contributed by atoms with van der Waals surface area (Å²) < 4.78 is 15.9. The molecule has 0 bridgehead atoms. The summed E-state index contributed by atoms with van der Waals surface area (Å²) in [5, 5.41) is 11.8. The van der Waals surface area contributed by atoms with Crippen LogP contribution >= 0.6 is 11.3 Å². The Morgan fingerprint density at radius 2 is 2.21 bits per heavy atom. The highest BCUT2D eigenvalue weighted by molar-refractivity contribution is 7.22. The van der Waals surface area contributed by atoms with Crippen LogP contribution in [0.1, 0.15) is 22.8 Å². The van der Waals surface area contributed by atoms with E-state index in [2.05, 4.69) is 15.8 Å². The second-order valence-electron chi connectivity index (χ2n) is 6.11. The highest BCUT2D eigenvalue weighted by atomic mass is 32.1. The number of rotatable bonds is 7. The van der Waals surface area contributed by atoms with Gasteiger partial charge in [0.2, 0.25) is 0 Å². The first-order valence-corrected chi connectivity index (χ1v) is 9.56. The number of halogens is 1. The van der Waals surface area contributed by atoms with Gasteiger partial charge in [0.25, 0.3) is 11.5 Å². The number of amides is 1. The number of hydrogen-bond acceptors (Lipinski definition) is 8. The van der Waals surface area contributed by atoms with Crippen LogP contribution < -0.4 is 22.1 Å². The molecule has 1 amide bonds. The Kier molecular flexibility index (Phi) is 6.11.